The van der Waals surface area contributed by atoms with E-state index in [-0.39, 0.29) is 11.6 Å². The van der Waals surface area contributed by atoms with Crippen molar-refractivity contribution in [2.75, 3.05) is 0 Å². The highest BCUT2D eigenvalue weighted by Gasteiger charge is 2.08. The number of esters is 1. The van der Waals surface area contributed by atoms with Crippen LogP contribution in [0.4, 0.5) is 4.39 Å². The number of carbonyl (C=O) groups is 1. The second-order valence-electron chi connectivity index (χ2n) is 3.54. The van der Waals surface area contributed by atoms with E-state index in [4.69, 9.17) is 11.2 Å². The molecule has 0 saturated carbocycles. The minimum absolute atomic E-state index is 0.221. The summed E-state index contributed by atoms with van der Waals surface area (Å²) in [5.41, 5.74) is 1.06. The van der Waals surface area contributed by atoms with Crippen LogP contribution >= 0.6 is 0 Å². The molecule has 0 unspecified atom stereocenters. The van der Waals surface area contributed by atoms with E-state index >= 15 is 0 Å². The summed E-state index contributed by atoms with van der Waals surface area (Å²) in [6.07, 6.45) is 4.90. The zero-order chi connectivity index (χ0) is 13.0. The molecule has 0 aromatic heterocycles. The van der Waals surface area contributed by atoms with Crippen molar-refractivity contribution in [2.24, 2.45) is 0 Å². The predicted molar refractivity (Wildman–Crippen MR) is 66.3 cm³/mol. The van der Waals surface area contributed by atoms with Crippen molar-refractivity contribution >= 4 is 5.97 Å². The molecule has 3 heteroatoms. The van der Waals surface area contributed by atoms with Crippen LogP contribution < -0.4 is 4.74 Å². The zero-order valence-corrected chi connectivity index (χ0v) is 9.39. The Labute approximate surface area is 104 Å². The van der Waals surface area contributed by atoms with Gasteiger partial charge in [0.1, 0.15) is 11.6 Å². The molecule has 0 fully saturated rings. The lowest BCUT2D eigenvalue weighted by Gasteiger charge is -2.06. The highest BCUT2D eigenvalue weighted by molar-refractivity contribution is 5.89. The third-order valence-corrected chi connectivity index (χ3v) is 2.35. The fraction of sp³-hybridized carbons (Fsp3) is 0. The highest BCUT2D eigenvalue weighted by Crippen LogP contribution is 2.26. The van der Waals surface area contributed by atoms with Crippen LogP contribution in [0.25, 0.3) is 11.1 Å². The standard InChI is InChI=1S/C15H9FO2/c1-2-15(17)18-12-8-9-14(16)13(10-12)11-6-4-3-5-7-11/h1,3-10H. The first-order chi connectivity index (χ1) is 8.70. The molecule has 2 nitrogen and oxygen atoms in total. The van der Waals surface area contributed by atoms with Crippen LogP contribution in [0.2, 0.25) is 0 Å². The molecule has 0 aliphatic carbocycles. The lowest BCUT2D eigenvalue weighted by molar-refractivity contribution is -0.128. The summed E-state index contributed by atoms with van der Waals surface area (Å²) in [5, 5.41) is 0. The Bertz CT molecular complexity index is 612. The minimum Gasteiger partial charge on any atom is -0.417 e. The van der Waals surface area contributed by atoms with Crippen LogP contribution in [-0.2, 0) is 4.79 Å². The second kappa shape index (κ2) is 5.15. The number of halogens is 1. The molecule has 18 heavy (non-hydrogen) atoms. The first-order valence-electron chi connectivity index (χ1n) is 5.24. The summed E-state index contributed by atoms with van der Waals surface area (Å²) < 4.78 is 18.5. The van der Waals surface area contributed by atoms with E-state index in [1.807, 2.05) is 12.0 Å². The molecule has 2 rings (SSSR count). The summed E-state index contributed by atoms with van der Waals surface area (Å²) in [5.74, 6) is 0.861. The SMILES string of the molecule is C#CC(=O)Oc1ccc(F)c(-c2ccccc2)c1. The van der Waals surface area contributed by atoms with Gasteiger partial charge in [-0.2, -0.15) is 0 Å². The Kier molecular flexibility index (Phi) is 3.40. The predicted octanol–water partition coefficient (Wildman–Crippen LogP) is 3.03. The van der Waals surface area contributed by atoms with Gasteiger partial charge in [0, 0.05) is 11.5 Å². The number of terminal acetylenes is 1. The molecule has 0 radical (unpaired) electrons. The van der Waals surface area contributed by atoms with Gasteiger partial charge in [0.05, 0.1) is 0 Å². The molecule has 0 atom stereocenters. The summed E-state index contributed by atoms with van der Waals surface area (Å²) >= 11 is 0. The van der Waals surface area contributed by atoms with Crippen LogP contribution in [0.1, 0.15) is 0 Å². The smallest absolute Gasteiger partial charge is 0.389 e. The fourth-order valence-corrected chi connectivity index (χ4v) is 1.54. The fourth-order valence-electron chi connectivity index (χ4n) is 1.54. The van der Waals surface area contributed by atoms with Crippen molar-refractivity contribution in [1.29, 1.82) is 0 Å². The molecule has 0 spiro atoms. The number of carbonyl (C=O) groups excluding carboxylic acids is 1. The summed E-state index contributed by atoms with van der Waals surface area (Å²) in [6.45, 7) is 0. The summed E-state index contributed by atoms with van der Waals surface area (Å²) in [4.78, 5) is 11.0. The van der Waals surface area contributed by atoms with Gasteiger partial charge in [0.2, 0.25) is 0 Å². The van der Waals surface area contributed by atoms with Gasteiger partial charge in [-0.05, 0) is 23.8 Å². The van der Waals surface area contributed by atoms with Crippen LogP contribution in [-0.4, -0.2) is 5.97 Å². The third-order valence-electron chi connectivity index (χ3n) is 2.35. The van der Waals surface area contributed by atoms with Gasteiger partial charge in [-0.3, -0.25) is 0 Å². The maximum absolute atomic E-state index is 13.7. The molecule has 0 saturated heterocycles. The van der Waals surface area contributed by atoms with Gasteiger partial charge in [0.25, 0.3) is 0 Å². The first-order valence-corrected chi connectivity index (χ1v) is 5.24. The van der Waals surface area contributed by atoms with Gasteiger partial charge >= 0.3 is 5.97 Å². The zero-order valence-electron chi connectivity index (χ0n) is 9.39. The van der Waals surface area contributed by atoms with Gasteiger partial charge < -0.3 is 4.74 Å². The maximum atomic E-state index is 13.7. The van der Waals surface area contributed by atoms with E-state index in [0.717, 1.165) is 0 Å². The molecule has 2 aromatic carbocycles. The molecular weight excluding hydrogens is 231 g/mol. The summed E-state index contributed by atoms with van der Waals surface area (Å²) in [7, 11) is 0. The van der Waals surface area contributed by atoms with Gasteiger partial charge in [-0.25, -0.2) is 9.18 Å². The Morgan fingerprint density at radius 2 is 1.89 bits per heavy atom. The lowest BCUT2D eigenvalue weighted by Crippen LogP contribution is -2.04. The first kappa shape index (κ1) is 11.9. The quantitative estimate of drug-likeness (QED) is 0.349. The number of ether oxygens (including phenoxy) is 1. The van der Waals surface area contributed by atoms with Gasteiger partial charge in [0.15, 0.2) is 0 Å². The molecule has 0 aliphatic rings. The number of hydrogen-bond acceptors (Lipinski definition) is 2. The Balaban J connectivity index is 2.40. The van der Waals surface area contributed by atoms with E-state index in [1.165, 1.54) is 18.2 Å². The number of rotatable bonds is 2. The van der Waals surface area contributed by atoms with Crippen LogP contribution in [0.5, 0.6) is 5.75 Å². The topological polar surface area (TPSA) is 26.3 Å². The van der Waals surface area contributed by atoms with Crippen molar-refractivity contribution < 1.29 is 13.9 Å². The molecule has 2 aromatic rings. The highest BCUT2D eigenvalue weighted by atomic mass is 19.1. The van der Waals surface area contributed by atoms with E-state index in [2.05, 4.69) is 0 Å². The normalized spacial score (nSPS) is 9.56. The molecule has 0 bridgehead atoms. The second-order valence-corrected chi connectivity index (χ2v) is 3.54. The number of hydrogen-bond donors (Lipinski definition) is 0. The summed E-state index contributed by atoms with van der Waals surface area (Å²) in [6, 6.07) is 13.0. The third kappa shape index (κ3) is 2.55. The maximum Gasteiger partial charge on any atom is 0.389 e. The molecular formula is C15H9FO2. The van der Waals surface area contributed by atoms with Gasteiger partial charge in [-0.1, -0.05) is 30.3 Å². The van der Waals surface area contributed by atoms with E-state index in [0.29, 0.717) is 11.1 Å². The van der Waals surface area contributed by atoms with E-state index < -0.39 is 5.97 Å². The molecule has 0 amide bonds. The average molecular weight is 240 g/mol. The average Bonchev–Trinajstić information content (AvgIpc) is 2.42. The van der Waals surface area contributed by atoms with Gasteiger partial charge in [-0.15, -0.1) is 6.42 Å². The number of benzene rings is 2. The minimum atomic E-state index is -0.805. The van der Waals surface area contributed by atoms with E-state index in [1.54, 1.807) is 24.3 Å². The Morgan fingerprint density at radius 1 is 1.17 bits per heavy atom. The monoisotopic (exact) mass is 240 g/mol. The lowest BCUT2D eigenvalue weighted by atomic mass is 10.1. The molecule has 0 aliphatic heterocycles. The van der Waals surface area contributed by atoms with Crippen LogP contribution in [0.3, 0.4) is 0 Å². The van der Waals surface area contributed by atoms with E-state index in [9.17, 15) is 9.18 Å². The van der Waals surface area contributed by atoms with Crippen LogP contribution in [0, 0.1) is 18.2 Å². The van der Waals surface area contributed by atoms with Crippen molar-refractivity contribution in [2.45, 2.75) is 0 Å². The van der Waals surface area contributed by atoms with Crippen LogP contribution in [0.15, 0.2) is 48.5 Å². The van der Waals surface area contributed by atoms with Crippen molar-refractivity contribution in [3.8, 4) is 29.2 Å². The van der Waals surface area contributed by atoms with Crippen molar-refractivity contribution in [1.82, 2.24) is 0 Å². The van der Waals surface area contributed by atoms with Crippen molar-refractivity contribution in [3.05, 3.63) is 54.3 Å². The molecule has 88 valence electrons. The largest absolute Gasteiger partial charge is 0.417 e. The Morgan fingerprint density at radius 3 is 2.56 bits per heavy atom. The van der Waals surface area contributed by atoms with Crippen molar-refractivity contribution in [3.63, 3.8) is 0 Å². The Hall–Kier alpha value is -2.60. The molecule has 0 heterocycles. The molecule has 0 N–H and O–H groups in total.